The quantitative estimate of drug-likeness (QED) is 0.333. The molecule has 32 heavy (non-hydrogen) atoms. The number of hydrogen-bond donors (Lipinski definition) is 2. The zero-order chi connectivity index (χ0) is 24.4. The highest BCUT2D eigenvalue weighted by molar-refractivity contribution is 6.83. The molecule has 3 N–H and O–H groups in total. The van der Waals surface area contributed by atoms with Crippen molar-refractivity contribution in [3.8, 4) is 11.5 Å². The van der Waals surface area contributed by atoms with Crippen LogP contribution in [0.2, 0.25) is 19.6 Å². The van der Waals surface area contributed by atoms with E-state index >= 15 is 0 Å². The van der Waals surface area contributed by atoms with Crippen LogP contribution in [0, 0.1) is 11.5 Å². The van der Waals surface area contributed by atoms with Crippen LogP contribution in [0.5, 0.6) is 0 Å². The average molecular weight is 466 g/mol. The van der Waals surface area contributed by atoms with Crippen molar-refractivity contribution < 1.29 is 38.5 Å². The van der Waals surface area contributed by atoms with E-state index in [1.54, 1.807) is 0 Å². The Bertz CT molecular complexity index is 1000. The van der Waals surface area contributed by atoms with Gasteiger partial charge < -0.3 is 25.1 Å². The second-order valence-electron chi connectivity index (χ2n) is 8.43. The lowest BCUT2D eigenvalue weighted by molar-refractivity contribution is -0.176. The fourth-order valence-electron chi connectivity index (χ4n) is 3.26. The van der Waals surface area contributed by atoms with E-state index in [4.69, 9.17) is 19.9 Å². The molecule has 1 aromatic rings. The summed E-state index contributed by atoms with van der Waals surface area (Å²) in [4.78, 5) is 52.1. The summed E-state index contributed by atoms with van der Waals surface area (Å²) in [5.74, 6) is -0.129. The van der Waals surface area contributed by atoms with Crippen LogP contribution >= 0.6 is 0 Å². The van der Waals surface area contributed by atoms with Gasteiger partial charge in [-0.15, -0.1) is 5.54 Å². The van der Waals surface area contributed by atoms with Crippen LogP contribution in [0.1, 0.15) is 43.2 Å². The van der Waals surface area contributed by atoms with Gasteiger partial charge in [0, 0.05) is 13.8 Å². The van der Waals surface area contributed by atoms with Gasteiger partial charge in [-0.25, -0.2) is 4.98 Å². The maximum absolute atomic E-state index is 12.5. The van der Waals surface area contributed by atoms with Gasteiger partial charge in [0.15, 0.2) is 35.5 Å². The first-order valence-electron chi connectivity index (χ1n) is 9.77. The fourth-order valence-corrected chi connectivity index (χ4v) is 3.75. The second kappa shape index (κ2) is 9.23. The van der Waals surface area contributed by atoms with Crippen LogP contribution < -0.4 is 5.73 Å². The Hall–Kier alpha value is -3.01. The van der Waals surface area contributed by atoms with Crippen LogP contribution in [0.4, 0.5) is 0 Å². The summed E-state index contributed by atoms with van der Waals surface area (Å²) in [6.07, 6.45) is -2.91. The van der Waals surface area contributed by atoms with Crippen LogP contribution in [-0.4, -0.2) is 70.8 Å². The van der Waals surface area contributed by atoms with Crippen molar-refractivity contribution >= 4 is 31.7 Å². The first-order valence-corrected chi connectivity index (χ1v) is 13.3. The minimum atomic E-state index is -2.02. The topological polar surface area (TPSA) is 160 Å². The van der Waals surface area contributed by atoms with E-state index in [2.05, 4.69) is 16.4 Å². The number of esters is 2. The van der Waals surface area contributed by atoms with E-state index in [9.17, 15) is 24.3 Å². The molecule has 1 amide bonds. The van der Waals surface area contributed by atoms with Crippen molar-refractivity contribution in [2.75, 3.05) is 6.61 Å². The van der Waals surface area contributed by atoms with Gasteiger partial charge in [0.1, 0.15) is 13.8 Å². The molecule has 0 radical (unpaired) electrons. The number of aliphatic hydroxyl groups excluding tert-OH is 1. The molecule has 0 bridgehead atoms. The summed E-state index contributed by atoms with van der Waals surface area (Å²) in [6, 6.07) is 0. The van der Waals surface area contributed by atoms with Gasteiger partial charge >= 0.3 is 11.9 Å². The van der Waals surface area contributed by atoms with Gasteiger partial charge in [-0.3, -0.25) is 23.7 Å². The number of carbonyl (C=O) groups is 4. The SMILES string of the molecule is CC(=O)O[C@H]1[C@H](n2cnc(C(N)=O)c2C#C[Si](C)(C)C)O[C@@](CO)(C(C)=O)[C@H]1OC(C)=O. The number of nitrogens with zero attached hydrogens (tertiary/aromatic N) is 2. The normalized spacial score (nSPS) is 24.9. The van der Waals surface area contributed by atoms with E-state index in [-0.39, 0.29) is 11.4 Å². The van der Waals surface area contributed by atoms with Crippen LogP contribution in [-0.2, 0) is 28.6 Å². The molecule has 1 aromatic heterocycles. The Morgan fingerprint density at radius 2 is 1.81 bits per heavy atom. The van der Waals surface area contributed by atoms with Crippen molar-refractivity contribution in [3.63, 3.8) is 0 Å². The third kappa shape index (κ3) is 5.06. The predicted molar refractivity (Wildman–Crippen MR) is 113 cm³/mol. The van der Waals surface area contributed by atoms with Crippen molar-refractivity contribution in [3.05, 3.63) is 17.7 Å². The largest absolute Gasteiger partial charge is 0.455 e. The van der Waals surface area contributed by atoms with E-state index in [0.29, 0.717) is 0 Å². The van der Waals surface area contributed by atoms with E-state index in [0.717, 1.165) is 20.8 Å². The highest BCUT2D eigenvalue weighted by atomic mass is 28.3. The Kier molecular flexibility index (Phi) is 7.28. The van der Waals surface area contributed by atoms with Crippen molar-refractivity contribution in [1.82, 2.24) is 9.55 Å². The van der Waals surface area contributed by atoms with E-state index < -0.39 is 62.3 Å². The minimum Gasteiger partial charge on any atom is -0.455 e. The van der Waals surface area contributed by atoms with Gasteiger partial charge in [0.25, 0.3) is 5.91 Å². The highest BCUT2D eigenvalue weighted by Gasteiger charge is 2.62. The smallest absolute Gasteiger partial charge is 0.303 e. The molecular formula is C20H27N3O8Si. The van der Waals surface area contributed by atoms with Gasteiger partial charge in [-0.05, 0) is 6.92 Å². The van der Waals surface area contributed by atoms with Gasteiger partial charge in [0.2, 0.25) is 0 Å². The summed E-state index contributed by atoms with van der Waals surface area (Å²) in [5, 5.41) is 10.1. The summed E-state index contributed by atoms with van der Waals surface area (Å²) in [6.45, 7) is 8.48. The molecule has 1 aliphatic rings. The molecule has 1 fully saturated rings. The third-order valence-corrected chi connectivity index (χ3v) is 5.53. The van der Waals surface area contributed by atoms with Crippen LogP contribution in [0.25, 0.3) is 0 Å². The number of aliphatic hydroxyl groups is 1. The number of ketones is 1. The number of rotatable bonds is 6. The summed E-state index contributed by atoms with van der Waals surface area (Å²) < 4.78 is 17.8. The molecule has 0 unspecified atom stereocenters. The molecule has 1 saturated heterocycles. The maximum atomic E-state index is 12.5. The number of aromatic nitrogens is 2. The lowest BCUT2D eigenvalue weighted by Gasteiger charge is -2.29. The van der Waals surface area contributed by atoms with E-state index in [1.807, 2.05) is 19.6 Å². The molecular weight excluding hydrogens is 438 g/mol. The first kappa shape index (κ1) is 25.2. The van der Waals surface area contributed by atoms with Gasteiger partial charge in [0.05, 0.1) is 12.9 Å². The van der Waals surface area contributed by atoms with Crippen molar-refractivity contribution in [2.24, 2.45) is 5.73 Å². The zero-order valence-corrected chi connectivity index (χ0v) is 19.8. The van der Waals surface area contributed by atoms with Crippen molar-refractivity contribution in [1.29, 1.82) is 0 Å². The minimum absolute atomic E-state index is 0.0842. The maximum Gasteiger partial charge on any atom is 0.303 e. The highest BCUT2D eigenvalue weighted by Crippen LogP contribution is 2.42. The Morgan fingerprint density at radius 1 is 1.22 bits per heavy atom. The second-order valence-corrected chi connectivity index (χ2v) is 13.2. The molecule has 11 nitrogen and oxygen atoms in total. The molecule has 2 rings (SSSR count). The van der Waals surface area contributed by atoms with Gasteiger partial charge in [-0.2, -0.15) is 0 Å². The van der Waals surface area contributed by atoms with Crippen LogP contribution in [0.15, 0.2) is 6.33 Å². The summed E-state index contributed by atoms with van der Waals surface area (Å²) in [5.41, 5.74) is 6.46. The number of ether oxygens (including phenoxy) is 3. The fraction of sp³-hybridized carbons (Fsp3) is 0.550. The molecule has 0 aliphatic carbocycles. The van der Waals surface area contributed by atoms with E-state index in [1.165, 1.54) is 10.9 Å². The Labute approximate surface area is 186 Å². The molecule has 0 aromatic carbocycles. The first-order chi connectivity index (χ1) is 14.7. The predicted octanol–water partition coefficient (Wildman–Crippen LogP) is -0.0768. The van der Waals surface area contributed by atoms with Crippen molar-refractivity contribution in [2.45, 2.75) is 64.4 Å². The number of primary amides is 1. The number of carbonyl (C=O) groups excluding carboxylic acids is 4. The lowest BCUT2D eigenvalue weighted by Crippen LogP contribution is -2.54. The monoisotopic (exact) mass is 465 g/mol. The standard InChI is InChI=1S/C20H27N3O8Si/c1-11(25)20(9-24)17(30-13(3)27)16(29-12(2)26)19(31-20)23-10-22-15(18(21)28)14(23)7-8-32(4,5)6/h10,16-17,19,24H,9H2,1-6H3,(H2,21,28)/t16-,17+,19-,20+/m1/s1. The number of Topliss-reactive ketones (excluding diaryl/α,β-unsaturated/α-hetero) is 1. The zero-order valence-electron chi connectivity index (χ0n) is 18.8. The molecule has 0 saturated carbocycles. The number of amides is 1. The average Bonchev–Trinajstić information content (AvgIpc) is 3.19. The number of hydrogen-bond acceptors (Lipinski definition) is 9. The third-order valence-electron chi connectivity index (χ3n) is 4.65. The Balaban J connectivity index is 2.75. The van der Waals surface area contributed by atoms with Gasteiger partial charge in [-0.1, -0.05) is 25.6 Å². The number of imidazole rings is 1. The molecule has 174 valence electrons. The summed E-state index contributed by atoms with van der Waals surface area (Å²) >= 11 is 0. The molecule has 1 aliphatic heterocycles. The Morgan fingerprint density at radius 3 is 2.25 bits per heavy atom. The summed E-state index contributed by atoms with van der Waals surface area (Å²) in [7, 11) is -1.91. The number of nitrogens with two attached hydrogens (primary N) is 1. The lowest BCUT2D eigenvalue weighted by atomic mass is 9.91. The molecule has 2 heterocycles. The van der Waals surface area contributed by atoms with Crippen LogP contribution in [0.3, 0.4) is 0 Å². The molecule has 12 heteroatoms. The molecule has 0 spiro atoms. The molecule has 4 atom stereocenters.